The molecule has 34 heavy (non-hydrogen) atoms. The Balaban J connectivity index is 1.47. The van der Waals surface area contributed by atoms with E-state index in [1.54, 1.807) is 30.4 Å². The van der Waals surface area contributed by atoms with Crippen LogP contribution in [-0.4, -0.2) is 90.3 Å². The van der Waals surface area contributed by atoms with E-state index in [4.69, 9.17) is 4.74 Å². The summed E-state index contributed by atoms with van der Waals surface area (Å²) < 4.78 is 5.88. The minimum absolute atomic E-state index is 0.162. The van der Waals surface area contributed by atoms with Gasteiger partial charge in [-0.05, 0) is 51.2 Å². The number of hydrogen-bond acceptors (Lipinski definition) is 7. The van der Waals surface area contributed by atoms with Gasteiger partial charge in [0.05, 0.1) is 23.2 Å². The molecule has 1 N–H and O–H groups in total. The van der Waals surface area contributed by atoms with Crippen molar-refractivity contribution >= 4 is 22.5 Å². The maximum absolute atomic E-state index is 13.3. The van der Waals surface area contributed by atoms with Crippen LogP contribution < -0.4 is 9.64 Å². The van der Waals surface area contributed by atoms with Crippen LogP contribution in [0.5, 0.6) is 5.75 Å². The Hall–Kier alpha value is -3.23. The van der Waals surface area contributed by atoms with Crippen LogP contribution in [-0.2, 0) is 0 Å². The smallest absolute Gasteiger partial charge is 0.257 e. The van der Waals surface area contributed by atoms with E-state index in [1.807, 2.05) is 55.5 Å². The molecule has 1 saturated heterocycles. The summed E-state index contributed by atoms with van der Waals surface area (Å²) >= 11 is 0. The average molecular weight is 464 g/mol. The molecule has 1 atom stereocenters. The summed E-state index contributed by atoms with van der Waals surface area (Å²) in [5.41, 5.74) is 1.36. The van der Waals surface area contributed by atoms with Gasteiger partial charge in [-0.1, -0.05) is 12.1 Å². The minimum Gasteiger partial charge on any atom is -0.491 e. The summed E-state index contributed by atoms with van der Waals surface area (Å²) in [6, 6.07) is 11.1. The van der Waals surface area contributed by atoms with E-state index in [0.717, 1.165) is 36.1 Å². The first-order valence-corrected chi connectivity index (χ1v) is 11.6. The molecule has 0 spiro atoms. The number of anilines is 1. The van der Waals surface area contributed by atoms with E-state index in [2.05, 4.69) is 14.9 Å². The van der Waals surface area contributed by atoms with Crippen LogP contribution in [0, 0.1) is 0 Å². The highest BCUT2D eigenvalue weighted by molar-refractivity contribution is 5.97. The van der Waals surface area contributed by atoms with Crippen molar-refractivity contribution in [2.75, 3.05) is 58.8 Å². The van der Waals surface area contributed by atoms with Crippen molar-refractivity contribution in [2.24, 2.45) is 0 Å². The lowest BCUT2D eigenvalue weighted by molar-refractivity contribution is -0.0000325. The van der Waals surface area contributed by atoms with Gasteiger partial charge < -0.3 is 24.5 Å². The zero-order valence-corrected chi connectivity index (χ0v) is 20.1. The molecule has 1 aromatic carbocycles. The summed E-state index contributed by atoms with van der Waals surface area (Å²) in [6.07, 6.45) is 6.78. The summed E-state index contributed by atoms with van der Waals surface area (Å²) in [5, 5.41) is 12.5. The molecular weight excluding hydrogens is 430 g/mol. The number of amides is 1. The van der Waals surface area contributed by atoms with Gasteiger partial charge in [0.15, 0.2) is 0 Å². The fourth-order valence-corrected chi connectivity index (χ4v) is 4.52. The number of carbonyl (C=O) groups excluding carboxylic acids is 1. The van der Waals surface area contributed by atoms with Gasteiger partial charge in [0.2, 0.25) is 0 Å². The third-order valence-electron chi connectivity index (χ3n) is 6.21. The van der Waals surface area contributed by atoms with Crippen LogP contribution in [0.3, 0.4) is 0 Å². The van der Waals surface area contributed by atoms with E-state index < -0.39 is 5.60 Å². The molecule has 8 nitrogen and oxygen atoms in total. The van der Waals surface area contributed by atoms with Crippen molar-refractivity contribution in [1.82, 2.24) is 19.8 Å². The maximum Gasteiger partial charge on any atom is 0.257 e. The number of β-amino-alcohol motifs (C(OH)–C–C–N with tert-alkyl or cyclic N) is 1. The highest BCUT2D eigenvalue weighted by Gasteiger charge is 2.36. The predicted molar refractivity (Wildman–Crippen MR) is 133 cm³/mol. The summed E-state index contributed by atoms with van der Waals surface area (Å²) in [5.74, 6) is 0.402. The Bertz CT molecular complexity index is 1130. The Labute approximate surface area is 200 Å². The zero-order valence-electron chi connectivity index (χ0n) is 20.1. The average Bonchev–Trinajstić information content (AvgIpc) is 2.83. The third kappa shape index (κ3) is 5.46. The second-order valence-corrected chi connectivity index (χ2v) is 9.28. The van der Waals surface area contributed by atoms with Gasteiger partial charge >= 0.3 is 0 Å². The normalized spacial score (nSPS) is 18.3. The fourth-order valence-electron chi connectivity index (χ4n) is 4.52. The number of carbonyl (C=O) groups is 1. The molecule has 3 aromatic rings. The zero-order chi connectivity index (χ0) is 24.1. The van der Waals surface area contributed by atoms with E-state index in [1.165, 1.54) is 0 Å². The number of rotatable bonds is 8. The molecule has 180 valence electrons. The fraction of sp³-hybridized carbons (Fsp3) is 0.423. The van der Waals surface area contributed by atoms with Crippen LogP contribution in [0.15, 0.2) is 55.0 Å². The number of para-hydroxylation sites is 1. The maximum atomic E-state index is 13.3. The molecule has 0 unspecified atom stereocenters. The van der Waals surface area contributed by atoms with E-state index >= 15 is 0 Å². The number of aromatic nitrogens is 2. The molecule has 0 aliphatic carbocycles. The number of fused-ring (bicyclic) bond motifs is 1. The minimum atomic E-state index is -1.03. The van der Waals surface area contributed by atoms with E-state index in [-0.39, 0.29) is 12.5 Å². The topological polar surface area (TPSA) is 82.0 Å². The van der Waals surface area contributed by atoms with Gasteiger partial charge in [0, 0.05) is 56.3 Å². The van der Waals surface area contributed by atoms with Crippen molar-refractivity contribution in [3.8, 4) is 5.75 Å². The van der Waals surface area contributed by atoms with Crippen LogP contribution in [0.1, 0.15) is 23.2 Å². The van der Waals surface area contributed by atoms with E-state index in [9.17, 15) is 9.90 Å². The van der Waals surface area contributed by atoms with Gasteiger partial charge in [-0.25, -0.2) is 0 Å². The highest BCUT2D eigenvalue weighted by Crippen LogP contribution is 2.31. The molecule has 1 fully saturated rings. The van der Waals surface area contributed by atoms with Crippen LogP contribution in [0.25, 0.3) is 10.9 Å². The number of hydrogen-bond donors (Lipinski definition) is 1. The Morgan fingerprint density at radius 1 is 1.18 bits per heavy atom. The SMILES string of the molecule is CN(C)CCOc1ccccc1C(=O)N(C)C[C@@]1(O)CCCN(c2ccnc3ccncc23)C1. The lowest BCUT2D eigenvalue weighted by atomic mass is 9.91. The van der Waals surface area contributed by atoms with Crippen LogP contribution >= 0.6 is 0 Å². The molecule has 1 amide bonds. The van der Waals surface area contributed by atoms with Crippen molar-refractivity contribution in [2.45, 2.75) is 18.4 Å². The first-order chi connectivity index (χ1) is 16.4. The first-order valence-electron chi connectivity index (χ1n) is 11.6. The van der Waals surface area contributed by atoms with Crippen molar-refractivity contribution in [3.63, 3.8) is 0 Å². The van der Waals surface area contributed by atoms with E-state index in [0.29, 0.717) is 30.9 Å². The number of aliphatic hydroxyl groups is 1. The number of pyridine rings is 2. The van der Waals surface area contributed by atoms with Gasteiger partial charge in [-0.15, -0.1) is 0 Å². The Morgan fingerprint density at radius 2 is 2.00 bits per heavy atom. The second kappa shape index (κ2) is 10.4. The summed E-state index contributed by atoms with van der Waals surface area (Å²) in [4.78, 5) is 27.8. The molecular formula is C26H33N5O3. The van der Waals surface area contributed by atoms with Crippen LogP contribution in [0.4, 0.5) is 5.69 Å². The number of likely N-dealkylation sites (N-methyl/N-ethyl adjacent to an activating group) is 2. The molecule has 1 aliphatic heterocycles. The van der Waals surface area contributed by atoms with Crippen LogP contribution in [0.2, 0.25) is 0 Å². The molecule has 1 aliphatic rings. The Morgan fingerprint density at radius 3 is 2.82 bits per heavy atom. The number of nitrogens with zero attached hydrogens (tertiary/aromatic N) is 5. The molecule has 3 heterocycles. The molecule has 8 heteroatoms. The summed E-state index contributed by atoms with van der Waals surface area (Å²) in [7, 11) is 5.70. The van der Waals surface area contributed by atoms with Crippen molar-refractivity contribution in [1.29, 1.82) is 0 Å². The quantitative estimate of drug-likeness (QED) is 0.550. The highest BCUT2D eigenvalue weighted by atomic mass is 16.5. The summed E-state index contributed by atoms with van der Waals surface area (Å²) in [6.45, 7) is 2.74. The predicted octanol–water partition coefficient (Wildman–Crippen LogP) is 2.67. The van der Waals surface area contributed by atoms with Crippen molar-refractivity contribution in [3.05, 3.63) is 60.6 Å². The molecule has 0 saturated carbocycles. The van der Waals surface area contributed by atoms with Gasteiger partial charge in [-0.3, -0.25) is 14.8 Å². The van der Waals surface area contributed by atoms with Crippen molar-refractivity contribution < 1.29 is 14.6 Å². The molecule has 2 aromatic heterocycles. The number of ether oxygens (including phenoxy) is 1. The number of piperidine rings is 1. The standard InChI is InChI=1S/C26H33N5O3/c1-29(2)15-16-34-24-8-5-4-7-20(24)25(32)30(3)18-26(33)11-6-14-31(19-26)23-10-13-28-22-9-12-27-17-21(22)23/h4-5,7-10,12-13,17,33H,6,11,14-16,18-19H2,1-3H3/t26-/m0/s1. The lowest BCUT2D eigenvalue weighted by Crippen LogP contribution is -2.54. The third-order valence-corrected chi connectivity index (χ3v) is 6.21. The van der Waals surface area contributed by atoms with Gasteiger partial charge in [0.1, 0.15) is 12.4 Å². The second-order valence-electron chi connectivity index (χ2n) is 9.28. The monoisotopic (exact) mass is 463 g/mol. The van der Waals surface area contributed by atoms with Gasteiger partial charge in [0.25, 0.3) is 5.91 Å². The van der Waals surface area contributed by atoms with Gasteiger partial charge in [-0.2, -0.15) is 0 Å². The molecule has 4 rings (SSSR count). The Kier molecular flexibility index (Phi) is 7.29. The molecule has 0 bridgehead atoms. The number of benzene rings is 1. The first kappa shape index (κ1) is 23.9. The molecule has 0 radical (unpaired) electrons. The lowest BCUT2D eigenvalue weighted by Gasteiger charge is -2.42. The largest absolute Gasteiger partial charge is 0.491 e.